The Kier molecular flexibility index (Phi) is 6.81. The van der Waals surface area contributed by atoms with Gasteiger partial charge in [-0.3, -0.25) is 0 Å². The van der Waals surface area contributed by atoms with E-state index >= 15 is 0 Å². The standard InChI is InChI=1S/C24H26FN5O2/c1-3-11-30-12-10-17-4-5-19(15-22(17)30)27-23-21(25)16-26-24(29-23)28-18-6-8-20(9-7-18)32-14-13-31-2/h3-9,15-16H,1,10-14H2,2H3,(H2,26,27,28,29). The van der Waals surface area contributed by atoms with Crippen LogP contribution in [0.15, 0.2) is 61.3 Å². The molecule has 0 saturated heterocycles. The van der Waals surface area contributed by atoms with Crippen molar-refractivity contribution in [2.75, 3.05) is 48.9 Å². The summed E-state index contributed by atoms with van der Waals surface area (Å²) in [5, 5.41) is 6.17. The van der Waals surface area contributed by atoms with Crippen molar-refractivity contribution in [3.05, 3.63) is 72.7 Å². The van der Waals surface area contributed by atoms with Crippen molar-refractivity contribution in [2.45, 2.75) is 6.42 Å². The Morgan fingerprint density at radius 3 is 2.72 bits per heavy atom. The van der Waals surface area contributed by atoms with Gasteiger partial charge in [0.2, 0.25) is 5.95 Å². The molecule has 1 aliphatic heterocycles. The number of hydrogen-bond acceptors (Lipinski definition) is 7. The van der Waals surface area contributed by atoms with E-state index < -0.39 is 5.82 Å². The molecule has 3 aromatic rings. The van der Waals surface area contributed by atoms with Gasteiger partial charge < -0.3 is 25.0 Å². The van der Waals surface area contributed by atoms with Crippen molar-refractivity contribution >= 4 is 28.8 Å². The second-order valence-corrected chi connectivity index (χ2v) is 7.33. The highest BCUT2D eigenvalue weighted by molar-refractivity contribution is 5.69. The maximum atomic E-state index is 14.4. The van der Waals surface area contributed by atoms with E-state index in [1.807, 2.05) is 42.5 Å². The summed E-state index contributed by atoms with van der Waals surface area (Å²) in [6.45, 7) is 6.56. The number of methoxy groups -OCH3 is 1. The topological polar surface area (TPSA) is 71.5 Å². The molecule has 2 N–H and O–H groups in total. The van der Waals surface area contributed by atoms with Crippen LogP contribution in [-0.2, 0) is 11.2 Å². The summed E-state index contributed by atoms with van der Waals surface area (Å²) < 4.78 is 24.9. The van der Waals surface area contributed by atoms with Crippen LogP contribution in [0.2, 0.25) is 0 Å². The predicted octanol–water partition coefficient (Wildman–Crippen LogP) is 4.68. The van der Waals surface area contributed by atoms with E-state index in [2.05, 4.69) is 38.1 Å². The van der Waals surface area contributed by atoms with Gasteiger partial charge in [-0.05, 0) is 48.4 Å². The zero-order chi connectivity index (χ0) is 22.3. The number of hydrogen-bond donors (Lipinski definition) is 2. The summed E-state index contributed by atoms with van der Waals surface area (Å²) in [5.41, 5.74) is 3.94. The van der Waals surface area contributed by atoms with E-state index in [0.29, 0.717) is 13.2 Å². The molecule has 1 aromatic heterocycles. The number of nitrogens with zero attached hydrogens (tertiary/aromatic N) is 3. The predicted molar refractivity (Wildman–Crippen MR) is 125 cm³/mol. The molecule has 0 aliphatic carbocycles. The molecule has 0 radical (unpaired) electrons. The van der Waals surface area contributed by atoms with Crippen molar-refractivity contribution in [1.29, 1.82) is 0 Å². The van der Waals surface area contributed by atoms with Gasteiger partial charge in [0.1, 0.15) is 12.4 Å². The Bertz CT molecular complexity index is 1070. The first-order valence-electron chi connectivity index (χ1n) is 10.4. The Hall–Kier alpha value is -3.65. The van der Waals surface area contributed by atoms with Crippen LogP contribution in [0, 0.1) is 5.82 Å². The molecule has 0 saturated carbocycles. The summed E-state index contributed by atoms with van der Waals surface area (Å²) in [6, 6.07) is 13.4. The molecule has 0 spiro atoms. The second kappa shape index (κ2) is 10.1. The van der Waals surface area contributed by atoms with Gasteiger partial charge in [-0.2, -0.15) is 4.98 Å². The molecule has 0 amide bonds. The average Bonchev–Trinajstić information content (AvgIpc) is 3.20. The minimum Gasteiger partial charge on any atom is -0.491 e. The molecule has 2 heterocycles. The highest BCUT2D eigenvalue weighted by Gasteiger charge is 2.18. The molecule has 8 heteroatoms. The van der Waals surface area contributed by atoms with Gasteiger partial charge in [-0.1, -0.05) is 12.1 Å². The maximum Gasteiger partial charge on any atom is 0.229 e. The summed E-state index contributed by atoms with van der Waals surface area (Å²) >= 11 is 0. The normalized spacial score (nSPS) is 12.4. The first-order chi connectivity index (χ1) is 15.7. The minimum absolute atomic E-state index is 0.107. The number of fused-ring (bicyclic) bond motifs is 1. The Morgan fingerprint density at radius 2 is 1.94 bits per heavy atom. The van der Waals surface area contributed by atoms with Gasteiger partial charge in [0.05, 0.1) is 12.8 Å². The van der Waals surface area contributed by atoms with Crippen LogP contribution in [0.25, 0.3) is 0 Å². The Morgan fingerprint density at radius 1 is 1.12 bits per heavy atom. The lowest BCUT2D eigenvalue weighted by Gasteiger charge is -2.18. The summed E-state index contributed by atoms with van der Waals surface area (Å²) in [5.74, 6) is 0.601. The van der Waals surface area contributed by atoms with Crippen molar-refractivity contribution in [3.63, 3.8) is 0 Å². The highest BCUT2D eigenvalue weighted by Crippen LogP contribution is 2.32. The number of rotatable bonds is 10. The van der Waals surface area contributed by atoms with Crippen LogP contribution in [0.1, 0.15) is 5.56 Å². The maximum absolute atomic E-state index is 14.4. The third-order valence-electron chi connectivity index (χ3n) is 5.10. The molecule has 0 fully saturated rings. The van der Waals surface area contributed by atoms with Crippen LogP contribution in [0.3, 0.4) is 0 Å². The van der Waals surface area contributed by atoms with Gasteiger partial charge >= 0.3 is 0 Å². The van der Waals surface area contributed by atoms with Crippen molar-refractivity contribution < 1.29 is 13.9 Å². The number of anilines is 5. The van der Waals surface area contributed by atoms with Gasteiger partial charge in [0.15, 0.2) is 11.6 Å². The van der Waals surface area contributed by atoms with Crippen LogP contribution in [0.5, 0.6) is 5.75 Å². The van der Waals surface area contributed by atoms with E-state index in [0.717, 1.165) is 48.5 Å². The molecule has 0 atom stereocenters. The van der Waals surface area contributed by atoms with Crippen molar-refractivity contribution in [2.24, 2.45) is 0 Å². The Balaban J connectivity index is 1.45. The number of nitrogens with one attached hydrogen (secondary N) is 2. The monoisotopic (exact) mass is 435 g/mol. The van der Waals surface area contributed by atoms with Crippen molar-refractivity contribution in [1.82, 2.24) is 9.97 Å². The van der Waals surface area contributed by atoms with E-state index in [9.17, 15) is 4.39 Å². The molecule has 166 valence electrons. The molecule has 7 nitrogen and oxygen atoms in total. The molecular formula is C24H26FN5O2. The van der Waals surface area contributed by atoms with Gasteiger partial charge in [-0.15, -0.1) is 6.58 Å². The quantitative estimate of drug-likeness (QED) is 0.354. The molecular weight excluding hydrogens is 409 g/mol. The molecule has 2 aromatic carbocycles. The number of aromatic nitrogens is 2. The van der Waals surface area contributed by atoms with E-state index in [4.69, 9.17) is 9.47 Å². The van der Waals surface area contributed by atoms with Crippen LogP contribution in [-0.4, -0.2) is 43.4 Å². The van der Waals surface area contributed by atoms with Gasteiger partial charge in [0.25, 0.3) is 0 Å². The fourth-order valence-corrected chi connectivity index (χ4v) is 3.53. The number of halogens is 1. The van der Waals surface area contributed by atoms with Crippen LogP contribution < -0.4 is 20.3 Å². The minimum atomic E-state index is -0.527. The average molecular weight is 436 g/mol. The van der Waals surface area contributed by atoms with Crippen molar-refractivity contribution in [3.8, 4) is 5.75 Å². The van der Waals surface area contributed by atoms with Crippen LogP contribution >= 0.6 is 0 Å². The highest BCUT2D eigenvalue weighted by atomic mass is 19.1. The molecule has 0 unspecified atom stereocenters. The number of ether oxygens (including phenoxy) is 2. The lowest BCUT2D eigenvalue weighted by molar-refractivity contribution is 0.146. The summed E-state index contributed by atoms with van der Waals surface area (Å²) in [4.78, 5) is 10.6. The lowest BCUT2D eigenvalue weighted by atomic mass is 10.1. The van der Waals surface area contributed by atoms with Gasteiger partial charge in [-0.25, -0.2) is 9.37 Å². The van der Waals surface area contributed by atoms with E-state index in [-0.39, 0.29) is 11.8 Å². The van der Waals surface area contributed by atoms with Gasteiger partial charge in [0, 0.05) is 37.3 Å². The number of benzene rings is 2. The molecule has 4 rings (SSSR count). The van der Waals surface area contributed by atoms with E-state index in [1.165, 1.54) is 5.56 Å². The largest absolute Gasteiger partial charge is 0.491 e. The molecule has 32 heavy (non-hydrogen) atoms. The third-order valence-corrected chi connectivity index (χ3v) is 5.10. The van der Waals surface area contributed by atoms with E-state index in [1.54, 1.807) is 7.11 Å². The lowest BCUT2D eigenvalue weighted by Crippen LogP contribution is -2.19. The first-order valence-corrected chi connectivity index (χ1v) is 10.4. The zero-order valence-electron chi connectivity index (χ0n) is 18.0. The zero-order valence-corrected chi connectivity index (χ0v) is 18.0. The molecule has 1 aliphatic rings. The summed E-state index contributed by atoms with van der Waals surface area (Å²) in [6.07, 6.45) is 4.03. The SMILES string of the molecule is C=CCN1CCc2ccc(Nc3nc(Nc4ccc(OCCOC)cc4)ncc3F)cc21. The molecule has 0 bridgehead atoms. The smallest absolute Gasteiger partial charge is 0.229 e. The van der Waals surface area contributed by atoms with Crippen LogP contribution in [0.4, 0.5) is 33.2 Å². The second-order valence-electron chi connectivity index (χ2n) is 7.33. The Labute approximate surface area is 186 Å². The fourth-order valence-electron chi connectivity index (χ4n) is 3.53. The summed E-state index contributed by atoms with van der Waals surface area (Å²) in [7, 11) is 1.63. The fraction of sp³-hybridized carbons (Fsp3) is 0.250. The third kappa shape index (κ3) is 5.15. The first kappa shape index (κ1) is 21.6.